The average molecular weight is 279 g/mol. The number of amides is 2. The molecule has 2 fully saturated rings. The summed E-state index contributed by atoms with van der Waals surface area (Å²) in [6.45, 7) is 3.83. The van der Waals surface area contributed by atoms with E-state index in [0.717, 1.165) is 25.6 Å². The highest BCUT2D eigenvalue weighted by molar-refractivity contribution is 5.80. The van der Waals surface area contributed by atoms with E-state index in [1.165, 1.54) is 17.7 Å². The van der Waals surface area contributed by atoms with Crippen molar-refractivity contribution in [1.29, 1.82) is 0 Å². The molecule has 1 saturated heterocycles. The fraction of sp³-hybridized carbons (Fsp3) is 0.714. The molecule has 0 aromatic carbocycles. The Hall–Kier alpha value is -1.74. The van der Waals surface area contributed by atoms with Gasteiger partial charge in [0, 0.05) is 32.7 Å². The lowest BCUT2D eigenvalue weighted by Gasteiger charge is -2.36. The van der Waals surface area contributed by atoms with Gasteiger partial charge in [0.15, 0.2) is 0 Å². The van der Waals surface area contributed by atoms with Crippen molar-refractivity contribution in [2.24, 2.45) is 5.92 Å². The molecule has 6 nitrogen and oxygen atoms in total. The summed E-state index contributed by atoms with van der Waals surface area (Å²) in [5.41, 5.74) is 0. The van der Waals surface area contributed by atoms with Gasteiger partial charge in [0.25, 0.3) is 0 Å². The molecule has 0 spiro atoms. The van der Waals surface area contributed by atoms with Crippen molar-refractivity contribution in [2.45, 2.75) is 12.8 Å². The lowest BCUT2D eigenvalue weighted by molar-refractivity contribution is -0.137. The summed E-state index contributed by atoms with van der Waals surface area (Å²) in [6, 6.07) is -0.267. The maximum Gasteiger partial charge on any atom is 0.323 e. The molecule has 1 aliphatic carbocycles. The topological polar surface area (TPSA) is 64.1 Å². The van der Waals surface area contributed by atoms with Crippen LogP contribution >= 0.6 is 0 Å². The number of hydrogen-bond donors (Lipinski definition) is 1. The number of piperazine rings is 1. The first-order chi connectivity index (χ1) is 9.60. The number of nitrogens with zero attached hydrogens (tertiary/aromatic N) is 3. The quantitative estimate of drug-likeness (QED) is 0.728. The molecule has 1 aliphatic heterocycles. The minimum absolute atomic E-state index is 0.0351. The van der Waals surface area contributed by atoms with Crippen molar-refractivity contribution in [1.82, 2.24) is 14.7 Å². The third-order valence-corrected chi connectivity index (χ3v) is 3.73. The number of rotatable bonds is 5. The van der Waals surface area contributed by atoms with Gasteiger partial charge in [-0.25, -0.2) is 4.79 Å². The Balaban J connectivity index is 1.82. The van der Waals surface area contributed by atoms with Gasteiger partial charge in [-0.1, -0.05) is 5.92 Å². The van der Waals surface area contributed by atoms with Crippen LogP contribution in [0.25, 0.3) is 0 Å². The monoisotopic (exact) mass is 279 g/mol. The average Bonchev–Trinajstić information content (AvgIpc) is 3.22. The first kappa shape index (κ1) is 14.7. The second-order valence-electron chi connectivity index (χ2n) is 5.47. The SMILES string of the molecule is C#CCN(CC(=O)O)C(=O)N1CCN(CC2CC2)CC1. The van der Waals surface area contributed by atoms with Crippen LogP contribution in [0.3, 0.4) is 0 Å². The van der Waals surface area contributed by atoms with Crippen LogP contribution in [0.1, 0.15) is 12.8 Å². The Bertz CT molecular complexity index is 406. The molecule has 1 N–H and O–H groups in total. The molecule has 2 rings (SSSR count). The van der Waals surface area contributed by atoms with Crippen molar-refractivity contribution in [2.75, 3.05) is 45.8 Å². The van der Waals surface area contributed by atoms with Crippen LogP contribution in [0.5, 0.6) is 0 Å². The first-order valence-corrected chi connectivity index (χ1v) is 7.01. The third kappa shape index (κ3) is 4.14. The van der Waals surface area contributed by atoms with E-state index < -0.39 is 5.97 Å². The molecule has 0 aromatic heterocycles. The van der Waals surface area contributed by atoms with E-state index in [2.05, 4.69) is 10.8 Å². The third-order valence-electron chi connectivity index (χ3n) is 3.73. The summed E-state index contributed by atoms with van der Waals surface area (Å²) in [5.74, 6) is 2.15. The largest absolute Gasteiger partial charge is 0.480 e. The molecule has 2 amide bonds. The minimum atomic E-state index is -1.04. The minimum Gasteiger partial charge on any atom is -0.480 e. The molecule has 0 radical (unpaired) electrons. The Morgan fingerprint density at radius 2 is 1.90 bits per heavy atom. The van der Waals surface area contributed by atoms with Crippen molar-refractivity contribution < 1.29 is 14.7 Å². The van der Waals surface area contributed by atoms with E-state index in [1.807, 2.05) is 0 Å². The highest BCUT2D eigenvalue weighted by Crippen LogP contribution is 2.29. The molecule has 6 heteroatoms. The Labute approximate surface area is 119 Å². The van der Waals surface area contributed by atoms with Crippen molar-refractivity contribution in [3.05, 3.63) is 0 Å². The van der Waals surface area contributed by atoms with E-state index in [-0.39, 0.29) is 19.1 Å². The zero-order valence-corrected chi connectivity index (χ0v) is 11.6. The maximum atomic E-state index is 12.2. The summed E-state index contributed by atoms with van der Waals surface area (Å²) in [6.07, 6.45) is 7.85. The van der Waals surface area contributed by atoms with Gasteiger partial charge in [-0.2, -0.15) is 0 Å². The molecule has 20 heavy (non-hydrogen) atoms. The number of hydrogen-bond acceptors (Lipinski definition) is 3. The fourth-order valence-electron chi connectivity index (χ4n) is 2.45. The summed E-state index contributed by atoms with van der Waals surface area (Å²) in [5, 5.41) is 8.82. The van der Waals surface area contributed by atoms with E-state index >= 15 is 0 Å². The smallest absolute Gasteiger partial charge is 0.323 e. The number of carboxylic acids is 1. The predicted octanol–water partition coefficient (Wildman–Crippen LogP) is 0.154. The number of aliphatic carboxylic acids is 1. The normalized spacial score (nSPS) is 19.4. The standard InChI is InChI=1S/C14H21N3O3/c1-2-5-17(11-13(18)19)14(20)16-8-6-15(7-9-16)10-12-3-4-12/h1,12H,3-11H2,(H,18,19). The molecule has 0 aromatic rings. The van der Waals surface area contributed by atoms with Gasteiger partial charge in [0.2, 0.25) is 0 Å². The van der Waals surface area contributed by atoms with E-state index in [4.69, 9.17) is 11.5 Å². The van der Waals surface area contributed by atoms with E-state index in [1.54, 1.807) is 4.90 Å². The second-order valence-corrected chi connectivity index (χ2v) is 5.47. The Morgan fingerprint density at radius 1 is 1.25 bits per heavy atom. The van der Waals surface area contributed by atoms with Crippen LogP contribution in [-0.4, -0.2) is 77.6 Å². The summed E-state index contributed by atoms with van der Waals surface area (Å²) < 4.78 is 0. The van der Waals surface area contributed by atoms with Crippen LogP contribution in [0, 0.1) is 18.3 Å². The lowest BCUT2D eigenvalue weighted by Crippen LogP contribution is -2.53. The van der Waals surface area contributed by atoms with Gasteiger partial charge >= 0.3 is 12.0 Å². The summed E-state index contributed by atoms with van der Waals surface area (Å²) >= 11 is 0. The number of carboxylic acid groups (broad SMARTS) is 1. The van der Waals surface area contributed by atoms with E-state index in [9.17, 15) is 9.59 Å². The van der Waals surface area contributed by atoms with Gasteiger partial charge in [-0.15, -0.1) is 6.42 Å². The number of carbonyl (C=O) groups excluding carboxylic acids is 1. The van der Waals surface area contributed by atoms with Crippen LogP contribution in [-0.2, 0) is 4.79 Å². The van der Waals surface area contributed by atoms with E-state index in [0.29, 0.717) is 13.1 Å². The molecule has 1 heterocycles. The molecule has 0 unspecified atom stereocenters. The lowest BCUT2D eigenvalue weighted by atomic mass is 10.3. The van der Waals surface area contributed by atoms with Crippen LogP contribution in [0.15, 0.2) is 0 Å². The molecule has 110 valence electrons. The molecule has 1 saturated carbocycles. The van der Waals surface area contributed by atoms with Gasteiger partial charge in [-0.3, -0.25) is 9.69 Å². The first-order valence-electron chi connectivity index (χ1n) is 7.01. The summed E-state index contributed by atoms with van der Waals surface area (Å²) in [7, 11) is 0. The zero-order valence-electron chi connectivity index (χ0n) is 11.6. The van der Waals surface area contributed by atoms with Crippen LogP contribution in [0.4, 0.5) is 4.79 Å². The molecular formula is C14H21N3O3. The van der Waals surface area contributed by atoms with Crippen molar-refractivity contribution in [3.8, 4) is 12.3 Å². The number of terminal acetylenes is 1. The summed E-state index contributed by atoms with van der Waals surface area (Å²) in [4.78, 5) is 28.3. The van der Waals surface area contributed by atoms with Gasteiger partial charge in [0.05, 0.1) is 6.54 Å². The highest BCUT2D eigenvalue weighted by Gasteiger charge is 2.29. The highest BCUT2D eigenvalue weighted by atomic mass is 16.4. The van der Waals surface area contributed by atoms with Crippen LogP contribution in [0.2, 0.25) is 0 Å². The van der Waals surface area contributed by atoms with Crippen LogP contribution < -0.4 is 0 Å². The second kappa shape index (κ2) is 6.62. The Kier molecular flexibility index (Phi) is 4.85. The van der Waals surface area contributed by atoms with Gasteiger partial charge in [0.1, 0.15) is 6.54 Å². The molecule has 0 atom stereocenters. The van der Waals surface area contributed by atoms with Crippen molar-refractivity contribution in [3.63, 3.8) is 0 Å². The number of urea groups is 1. The maximum absolute atomic E-state index is 12.2. The molecule has 2 aliphatic rings. The molecule has 0 bridgehead atoms. The van der Waals surface area contributed by atoms with Gasteiger partial charge in [-0.05, 0) is 18.8 Å². The van der Waals surface area contributed by atoms with Gasteiger partial charge < -0.3 is 14.9 Å². The fourth-order valence-corrected chi connectivity index (χ4v) is 2.45. The molecular weight excluding hydrogens is 258 g/mol. The number of carbonyl (C=O) groups is 2. The Morgan fingerprint density at radius 3 is 2.40 bits per heavy atom. The predicted molar refractivity (Wildman–Crippen MR) is 74.2 cm³/mol. The van der Waals surface area contributed by atoms with Crippen molar-refractivity contribution >= 4 is 12.0 Å². The zero-order chi connectivity index (χ0) is 14.5.